The van der Waals surface area contributed by atoms with Gasteiger partial charge in [0.05, 0.1) is 0 Å². The van der Waals surface area contributed by atoms with E-state index in [-0.39, 0.29) is 0 Å². The fraction of sp³-hybridized carbons (Fsp3) is 0.111. The first-order valence-electron chi connectivity index (χ1n) is 6.86. The maximum Gasteiger partial charge on any atom is 0.265 e. The van der Waals surface area contributed by atoms with Crippen molar-refractivity contribution in [3.63, 3.8) is 0 Å². The van der Waals surface area contributed by atoms with E-state index < -0.39 is 5.91 Å². The Morgan fingerprint density at radius 1 is 1.14 bits per heavy atom. The Bertz CT molecular complexity index is 813. The van der Waals surface area contributed by atoms with Gasteiger partial charge < -0.3 is 10.3 Å². The number of rotatable bonds is 3. The van der Waals surface area contributed by atoms with Crippen molar-refractivity contribution in [1.82, 2.24) is 4.57 Å². The number of fused-ring (bicyclic) bond motifs is 1. The molecule has 0 fully saturated rings. The Balaban J connectivity index is 2.18. The minimum absolute atomic E-state index is 0.441. The lowest BCUT2D eigenvalue weighted by Crippen LogP contribution is -2.18. The van der Waals surface area contributed by atoms with Gasteiger partial charge in [0.1, 0.15) is 5.69 Å². The van der Waals surface area contributed by atoms with Crippen molar-refractivity contribution >= 4 is 16.8 Å². The number of primary amides is 1. The number of nitrogens with two attached hydrogens (primary N) is 1. The third kappa shape index (κ3) is 2.31. The number of amides is 1. The second-order valence-electron chi connectivity index (χ2n) is 5.28. The number of hydrogen-bond donors (Lipinski definition) is 1. The van der Waals surface area contributed by atoms with E-state index in [4.69, 9.17) is 5.73 Å². The number of benzene rings is 2. The molecule has 1 aromatic heterocycles. The molecule has 0 saturated carbocycles. The average molecular weight is 277 g/mol. The summed E-state index contributed by atoms with van der Waals surface area (Å²) in [5.74, 6) is -0.441. The van der Waals surface area contributed by atoms with Crippen molar-refractivity contribution < 1.29 is 4.79 Å². The summed E-state index contributed by atoms with van der Waals surface area (Å²) >= 11 is 0. The summed E-state index contributed by atoms with van der Waals surface area (Å²) in [5, 5.41) is 0.971. The zero-order valence-electron chi connectivity index (χ0n) is 12.0. The Kier molecular flexibility index (Phi) is 3.26. The number of para-hydroxylation sites is 1. The average Bonchev–Trinajstić information content (AvgIpc) is 2.75. The van der Waals surface area contributed by atoms with E-state index in [9.17, 15) is 4.79 Å². The number of carbonyl (C=O) groups is 1. The molecule has 0 bridgehead atoms. The molecule has 1 radical (unpaired) electrons. The predicted molar refractivity (Wildman–Crippen MR) is 85.2 cm³/mol. The van der Waals surface area contributed by atoms with Gasteiger partial charge in [-0.1, -0.05) is 48.0 Å². The quantitative estimate of drug-likeness (QED) is 0.784. The molecule has 3 nitrogen and oxygen atoms in total. The molecule has 0 saturated heterocycles. The first-order chi connectivity index (χ1) is 10.1. The molecule has 1 amide bonds. The van der Waals surface area contributed by atoms with Gasteiger partial charge in [-0.05, 0) is 31.0 Å². The van der Waals surface area contributed by atoms with Crippen LogP contribution in [0.3, 0.4) is 0 Å². The molecule has 0 atom stereocenters. The number of hydrogen-bond acceptors (Lipinski definition) is 1. The molecule has 0 aliphatic rings. The van der Waals surface area contributed by atoms with Crippen LogP contribution in [0.4, 0.5) is 0 Å². The van der Waals surface area contributed by atoms with Crippen LogP contribution in [0.2, 0.25) is 0 Å². The lowest BCUT2D eigenvalue weighted by atomic mass is 10.1. The van der Waals surface area contributed by atoms with E-state index in [1.165, 1.54) is 5.56 Å². The molecule has 0 unspecified atom stereocenters. The second-order valence-corrected chi connectivity index (χ2v) is 5.28. The highest BCUT2D eigenvalue weighted by atomic mass is 16.1. The minimum atomic E-state index is -0.441. The SMILES string of the molecule is [CH2]c1c(C(N)=O)n(Cc2ccc(C)cc2)c2ccccc12. The summed E-state index contributed by atoms with van der Waals surface area (Å²) in [6.07, 6.45) is 0. The minimum Gasteiger partial charge on any atom is -0.364 e. The highest BCUT2D eigenvalue weighted by molar-refractivity contribution is 6.01. The molecule has 3 rings (SSSR count). The summed E-state index contributed by atoms with van der Waals surface area (Å²) < 4.78 is 1.95. The highest BCUT2D eigenvalue weighted by Crippen LogP contribution is 2.26. The van der Waals surface area contributed by atoms with Crippen LogP contribution in [0.5, 0.6) is 0 Å². The van der Waals surface area contributed by atoms with Crippen LogP contribution in [0, 0.1) is 13.8 Å². The van der Waals surface area contributed by atoms with Gasteiger partial charge in [0.2, 0.25) is 0 Å². The molecular weight excluding hydrogens is 260 g/mol. The lowest BCUT2D eigenvalue weighted by molar-refractivity contribution is 0.0992. The molecule has 0 spiro atoms. The van der Waals surface area contributed by atoms with Gasteiger partial charge in [0, 0.05) is 17.4 Å². The van der Waals surface area contributed by atoms with Crippen LogP contribution in [-0.2, 0) is 6.54 Å². The highest BCUT2D eigenvalue weighted by Gasteiger charge is 2.17. The number of nitrogens with zero attached hydrogens (tertiary/aromatic N) is 1. The standard InChI is InChI=1S/C18H17N2O/c1-12-7-9-14(10-8-12)11-20-16-6-4-3-5-15(16)13(2)17(20)18(19)21/h3-10H,2,11H2,1H3,(H2,19,21). The fourth-order valence-electron chi connectivity index (χ4n) is 2.70. The zero-order chi connectivity index (χ0) is 15.0. The van der Waals surface area contributed by atoms with E-state index >= 15 is 0 Å². The van der Waals surface area contributed by atoms with Crippen LogP contribution in [0.25, 0.3) is 10.9 Å². The van der Waals surface area contributed by atoms with Gasteiger partial charge >= 0.3 is 0 Å². The zero-order valence-corrected chi connectivity index (χ0v) is 12.0. The lowest BCUT2D eigenvalue weighted by Gasteiger charge is -2.10. The third-order valence-electron chi connectivity index (χ3n) is 3.77. The summed E-state index contributed by atoms with van der Waals surface area (Å²) in [7, 11) is 0. The first-order valence-corrected chi connectivity index (χ1v) is 6.86. The molecule has 2 N–H and O–H groups in total. The molecule has 1 heterocycles. The Hall–Kier alpha value is -2.55. The van der Waals surface area contributed by atoms with Crippen molar-refractivity contribution in [2.24, 2.45) is 5.73 Å². The summed E-state index contributed by atoms with van der Waals surface area (Å²) in [6.45, 7) is 6.68. The van der Waals surface area contributed by atoms with Crippen molar-refractivity contribution in [2.75, 3.05) is 0 Å². The van der Waals surface area contributed by atoms with Crippen molar-refractivity contribution in [3.8, 4) is 0 Å². The monoisotopic (exact) mass is 277 g/mol. The van der Waals surface area contributed by atoms with E-state index in [2.05, 4.69) is 38.1 Å². The van der Waals surface area contributed by atoms with Crippen molar-refractivity contribution in [3.05, 3.63) is 77.8 Å². The molecule has 0 aliphatic heterocycles. The second kappa shape index (κ2) is 5.09. The Labute approximate surface area is 124 Å². The van der Waals surface area contributed by atoms with Crippen LogP contribution >= 0.6 is 0 Å². The molecule has 3 aromatic rings. The van der Waals surface area contributed by atoms with Crippen molar-refractivity contribution in [2.45, 2.75) is 13.5 Å². The van der Waals surface area contributed by atoms with Gasteiger partial charge in [0.25, 0.3) is 5.91 Å². The van der Waals surface area contributed by atoms with Crippen LogP contribution in [0.1, 0.15) is 27.2 Å². The third-order valence-corrected chi connectivity index (χ3v) is 3.77. The number of aryl methyl sites for hydroxylation is 1. The Morgan fingerprint density at radius 3 is 2.48 bits per heavy atom. The topological polar surface area (TPSA) is 48.0 Å². The van der Waals surface area contributed by atoms with Crippen LogP contribution < -0.4 is 5.73 Å². The molecule has 2 aromatic carbocycles. The van der Waals surface area contributed by atoms with Crippen LogP contribution in [-0.4, -0.2) is 10.5 Å². The number of aromatic nitrogens is 1. The van der Waals surface area contributed by atoms with E-state index in [0.717, 1.165) is 16.5 Å². The molecule has 0 aliphatic carbocycles. The summed E-state index contributed by atoms with van der Waals surface area (Å²) in [6, 6.07) is 16.1. The van der Waals surface area contributed by atoms with Crippen LogP contribution in [0.15, 0.2) is 48.5 Å². The van der Waals surface area contributed by atoms with Gasteiger partial charge in [-0.25, -0.2) is 0 Å². The van der Waals surface area contributed by atoms with E-state index in [1.807, 2.05) is 28.8 Å². The Morgan fingerprint density at radius 2 is 1.81 bits per heavy atom. The maximum atomic E-state index is 11.8. The van der Waals surface area contributed by atoms with E-state index in [1.54, 1.807) is 0 Å². The van der Waals surface area contributed by atoms with Gasteiger partial charge in [-0.2, -0.15) is 0 Å². The van der Waals surface area contributed by atoms with Gasteiger partial charge in [-0.15, -0.1) is 0 Å². The summed E-state index contributed by atoms with van der Waals surface area (Å²) in [5.41, 5.74) is 10.1. The number of carbonyl (C=O) groups excluding carboxylic acids is 1. The fourth-order valence-corrected chi connectivity index (χ4v) is 2.70. The predicted octanol–water partition coefficient (Wildman–Crippen LogP) is 3.28. The molecular formula is C18H17N2O. The van der Waals surface area contributed by atoms with Gasteiger partial charge in [-0.3, -0.25) is 4.79 Å². The van der Waals surface area contributed by atoms with Crippen molar-refractivity contribution in [1.29, 1.82) is 0 Å². The molecule has 3 heteroatoms. The summed E-state index contributed by atoms with van der Waals surface area (Å²) in [4.78, 5) is 11.8. The van der Waals surface area contributed by atoms with E-state index in [0.29, 0.717) is 17.8 Å². The smallest absolute Gasteiger partial charge is 0.265 e. The normalized spacial score (nSPS) is 11.0. The molecule has 105 valence electrons. The maximum absolute atomic E-state index is 11.8. The molecule has 21 heavy (non-hydrogen) atoms. The first kappa shape index (κ1) is 13.4. The largest absolute Gasteiger partial charge is 0.364 e. The van der Waals surface area contributed by atoms with Gasteiger partial charge in [0.15, 0.2) is 0 Å².